The van der Waals surface area contributed by atoms with E-state index in [0.717, 1.165) is 52.4 Å². The molecule has 0 saturated heterocycles. The zero-order valence-electron chi connectivity index (χ0n) is 20.2. The molecule has 0 atom stereocenters. The second kappa shape index (κ2) is 10.2. The van der Waals surface area contributed by atoms with Crippen molar-refractivity contribution >= 4 is 11.7 Å². The molecule has 3 aromatic rings. The van der Waals surface area contributed by atoms with Crippen LogP contribution in [0.2, 0.25) is 0 Å². The molecule has 0 bridgehead atoms. The predicted octanol–water partition coefficient (Wildman–Crippen LogP) is 6.46. The third-order valence-electron chi connectivity index (χ3n) is 6.61. The number of urea groups is 1. The molecule has 0 spiro atoms. The Morgan fingerprint density at radius 3 is 2.18 bits per heavy atom. The summed E-state index contributed by atoms with van der Waals surface area (Å²) in [4.78, 5) is 18.8. The van der Waals surface area contributed by atoms with Crippen LogP contribution in [0.15, 0.2) is 36.4 Å². The van der Waals surface area contributed by atoms with Crippen molar-refractivity contribution in [2.24, 2.45) is 0 Å². The number of benzene rings is 2. The van der Waals surface area contributed by atoms with E-state index < -0.39 is 0 Å². The Labute approximate surface area is 196 Å². The molecule has 4 rings (SSSR count). The van der Waals surface area contributed by atoms with Crippen LogP contribution in [0.3, 0.4) is 0 Å². The zero-order valence-corrected chi connectivity index (χ0v) is 20.2. The van der Waals surface area contributed by atoms with Gasteiger partial charge in [0.15, 0.2) is 5.82 Å². The van der Waals surface area contributed by atoms with E-state index in [4.69, 9.17) is 0 Å². The Morgan fingerprint density at radius 1 is 0.970 bits per heavy atom. The third kappa shape index (κ3) is 5.62. The Morgan fingerprint density at radius 2 is 1.61 bits per heavy atom. The summed E-state index contributed by atoms with van der Waals surface area (Å²) in [7, 11) is 0. The fourth-order valence-corrected chi connectivity index (χ4v) is 4.93. The largest absolute Gasteiger partial charge is 0.325 e. The minimum absolute atomic E-state index is 0.00751. The Bertz CT molecular complexity index is 1070. The molecule has 1 aliphatic rings. The van der Waals surface area contributed by atoms with Gasteiger partial charge in [0.1, 0.15) is 5.82 Å². The highest BCUT2D eigenvalue weighted by Crippen LogP contribution is 2.27. The van der Waals surface area contributed by atoms with Crippen molar-refractivity contribution in [2.45, 2.75) is 78.8 Å². The molecule has 1 aliphatic carbocycles. The van der Waals surface area contributed by atoms with Gasteiger partial charge in [0.2, 0.25) is 0 Å². The van der Waals surface area contributed by atoms with Crippen molar-refractivity contribution in [1.29, 1.82) is 0 Å². The Hall–Kier alpha value is -3.15. The maximum Gasteiger partial charge on any atom is 0.322 e. The van der Waals surface area contributed by atoms with Crippen LogP contribution in [0.5, 0.6) is 0 Å². The van der Waals surface area contributed by atoms with Crippen molar-refractivity contribution < 1.29 is 4.79 Å². The van der Waals surface area contributed by atoms with E-state index >= 15 is 0 Å². The SMILES string of the molecule is Cc1cc(C)c(NC(=O)N(Cc2ccc(-c3nnc(C)[nH]3)cc2)C2CCCCCC2)c(C)c1. The molecule has 174 valence electrons. The average molecular weight is 446 g/mol. The van der Waals surface area contributed by atoms with Gasteiger partial charge in [-0.15, -0.1) is 10.2 Å². The van der Waals surface area contributed by atoms with Gasteiger partial charge in [0.25, 0.3) is 0 Å². The van der Waals surface area contributed by atoms with Gasteiger partial charge in [-0.3, -0.25) is 0 Å². The van der Waals surface area contributed by atoms with Gasteiger partial charge >= 0.3 is 6.03 Å². The summed E-state index contributed by atoms with van der Waals surface area (Å²) < 4.78 is 0. The van der Waals surface area contributed by atoms with Crippen LogP contribution in [0.25, 0.3) is 11.4 Å². The molecule has 0 radical (unpaired) electrons. The minimum Gasteiger partial charge on any atom is -0.325 e. The first kappa shape index (κ1) is 23.0. The molecule has 2 amide bonds. The maximum atomic E-state index is 13.6. The van der Waals surface area contributed by atoms with Crippen LogP contribution in [0.1, 0.15) is 66.6 Å². The van der Waals surface area contributed by atoms with Crippen LogP contribution in [0.4, 0.5) is 10.5 Å². The summed E-state index contributed by atoms with van der Waals surface area (Å²) in [6.45, 7) is 8.71. The van der Waals surface area contributed by atoms with E-state index in [-0.39, 0.29) is 12.1 Å². The first-order chi connectivity index (χ1) is 15.9. The monoisotopic (exact) mass is 445 g/mol. The first-order valence-electron chi connectivity index (χ1n) is 12.0. The lowest BCUT2D eigenvalue weighted by atomic mass is 10.0. The number of aromatic amines is 1. The number of carbonyl (C=O) groups is 1. The van der Waals surface area contributed by atoms with Crippen molar-refractivity contribution in [3.8, 4) is 11.4 Å². The van der Waals surface area contributed by atoms with E-state index in [9.17, 15) is 4.79 Å². The number of carbonyl (C=O) groups excluding carboxylic acids is 1. The molecule has 33 heavy (non-hydrogen) atoms. The van der Waals surface area contributed by atoms with Gasteiger partial charge in [-0.1, -0.05) is 67.6 Å². The quantitative estimate of drug-likeness (QED) is 0.442. The molecule has 0 aliphatic heterocycles. The van der Waals surface area contributed by atoms with E-state index in [0.29, 0.717) is 6.54 Å². The van der Waals surface area contributed by atoms with Gasteiger partial charge < -0.3 is 15.2 Å². The molecule has 1 heterocycles. The van der Waals surface area contributed by atoms with Gasteiger partial charge in [-0.2, -0.15) is 0 Å². The van der Waals surface area contributed by atoms with E-state index in [1.54, 1.807) is 0 Å². The highest BCUT2D eigenvalue weighted by atomic mass is 16.2. The van der Waals surface area contributed by atoms with E-state index in [1.165, 1.54) is 31.2 Å². The highest BCUT2D eigenvalue weighted by molar-refractivity contribution is 5.91. The van der Waals surface area contributed by atoms with E-state index in [2.05, 4.69) is 70.4 Å². The molecular weight excluding hydrogens is 410 g/mol. The summed E-state index contributed by atoms with van der Waals surface area (Å²) >= 11 is 0. The molecule has 2 aromatic carbocycles. The van der Waals surface area contributed by atoms with Crippen LogP contribution >= 0.6 is 0 Å². The molecule has 6 heteroatoms. The third-order valence-corrected chi connectivity index (χ3v) is 6.61. The lowest BCUT2D eigenvalue weighted by Gasteiger charge is -2.32. The number of anilines is 1. The van der Waals surface area contributed by atoms with E-state index in [1.807, 2.05) is 19.1 Å². The number of nitrogens with zero attached hydrogens (tertiary/aromatic N) is 3. The minimum atomic E-state index is -0.00751. The molecule has 1 saturated carbocycles. The summed E-state index contributed by atoms with van der Waals surface area (Å²) in [5.41, 5.74) is 6.47. The molecule has 0 unspecified atom stereocenters. The highest BCUT2D eigenvalue weighted by Gasteiger charge is 2.26. The molecule has 1 aromatic heterocycles. The number of rotatable bonds is 5. The van der Waals surface area contributed by atoms with Crippen molar-refractivity contribution in [2.75, 3.05) is 5.32 Å². The van der Waals surface area contributed by atoms with Crippen LogP contribution in [-0.2, 0) is 6.54 Å². The summed E-state index contributed by atoms with van der Waals surface area (Å²) in [5, 5.41) is 11.5. The number of nitrogens with one attached hydrogen (secondary N) is 2. The normalized spacial score (nSPS) is 14.7. The Kier molecular flexibility index (Phi) is 7.11. The van der Waals surface area contributed by atoms with Gasteiger partial charge in [0.05, 0.1) is 0 Å². The zero-order chi connectivity index (χ0) is 23.4. The first-order valence-corrected chi connectivity index (χ1v) is 12.0. The van der Waals surface area contributed by atoms with Gasteiger partial charge in [-0.25, -0.2) is 4.79 Å². The number of aromatic nitrogens is 3. The smallest absolute Gasteiger partial charge is 0.322 e. The van der Waals surface area contributed by atoms with Crippen molar-refractivity contribution in [1.82, 2.24) is 20.1 Å². The molecule has 6 nitrogen and oxygen atoms in total. The average Bonchev–Trinajstić information content (AvgIpc) is 3.04. The number of aryl methyl sites for hydroxylation is 4. The van der Waals surface area contributed by atoms with Gasteiger partial charge in [-0.05, 0) is 57.2 Å². The van der Waals surface area contributed by atoms with Crippen LogP contribution < -0.4 is 5.32 Å². The molecular formula is C27H35N5O. The molecule has 2 N–H and O–H groups in total. The fraction of sp³-hybridized carbons (Fsp3) is 0.444. The lowest BCUT2D eigenvalue weighted by Crippen LogP contribution is -2.42. The number of H-pyrrole nitrogens is 1. The number of amides is 2. The number of hydrogen-bond acceptors (Lipinski definition) is 3. The second-order valence-corrected chi connectivity index (χ2v) is 9.43. The van der Waals surface area contributed by atoms with Crippen LogP contribution in [-0.4, -0.2) is 32.2 Å². The van der Waals surface area contributed by atoms with Crippen molar-refractivity contribution in [3.05, 3.63) is 64.5 Å². The second-order valence-electron chi connectivity index (χ2n) is 9.43. The molecule has 1 fully saturated rings. The van der Waals surface area contributed by atoms with Crippen molar-refractivity contribution in [3.63, 3.8) is 0 Å². The predicted molar refractivity (Wildman–Crippen MR) is 133 cm³/mol. The Balaban J connectivity index is 1.56. The number of hydrogen-bond donors (Lipinski definition) is 2. The summed E-state index contributed by atoms with van der Waals surface area (Å²) in [6, 6.07) is 12.8. The topological polar surface area (TPSA) is 73.9 Å². The maximum absolute atomic E-state index is 13.6. The fourth-order valence-electron chi connectivity index (χ4n) is 4.93. The van der Waals surface area contributed by atoms with Gasteiger partial charge in [0, 0.05) is 23.8 Å². The summed E-state index contributed by atoms with van der Waals surface area (Å²) in [5.74, 6) is 1.56. The summed E-state index contributed by atoms with van der Waals surface area (Å²) in [6.07, 6.45) is 7.01. The van der Waals surface area contributed by atoms with Crippen LogP contribution in [0, 0.1) is 27.7 Å². The lowest BCUT2D eigenvalue weighted by molar-refractivity contribution is 0.175. The standard InChI is InChI=1S/C27H35N5O/c1-18-15-19(2)25(20(3)16-18)29-27(33)32(24-9-7-5-6-8-10-24)17-22-11-13-23(14-12-22)26-28-21(4)30-31-26/h11-16,24H,5-10,17H2,1-4H3,(H,29,33)(H,28,30,31).